The number of aromatic nitrogens is 1. The number of fused-ring (bicyclic) bond motifs is 1. The van der Waals surface area contributed by atoms with E-state index in [2.05, 4.69) is 33.2 Å². The summed E-state index contributed by atoms with van der Waals surface area (Å²) in [5, 5.41) is 5.07. The van der Waals surface area contributed by atoms with Crippen LogP contribution in [-0.4, -0.2) is 11.5 Å². The van der Waals surface area contributed by atoms with Crippen molar-refractivity contribution in [2.24, 2.45) is 0 Å². The first-order chi connectivity index (χ1) is 7.74. The van der Waals surface area contributed by atoms with Crippen LogP contribution in [0.5, 0.6) is 0 Å². The molecular formula is C12H12BrClN2. The highest BCUT2D eigenvalue weighted by Crippen LogP contribution is 2.33. The zero-order valence-corrected chi connectivity index (χ0v) is 11.3. The maximum absolute atomic E-state index is 6.21. The fraction of sp³-hybridized carbons (Fsp3) is 0.250. The second kappa shape index (κ2) is 5.02. The maximum atomic E-state index is 6.21. The Labute approximate surface area is 108 Å². The number of anilines is 1. The minimum Gasteiger partial charge on any atom is -0.384 e. The third-order valence-electron chi connectivity index (χ3n) is 2.36. The molecule has 1 N–H and O–H groups in total. The highest BCUT2D eigenvalue weighted by atomic mass is 79.9. The molecule has 1 heterocycles. The first kappa shape index (κ1) is 11.7. The normalized spacial score (nSPS) is 10.7. The van der Waals surface area contributed by atoms with Crippen LogP contribution >= 0.6 is 27.5 Å². The van der Waals surface area contributed by atoms with Gasteiger partial charge >= 0.3 is 0 Å². The predicted octanol–water partition coefficient (Wildman–Crippen LogP) is 4.47. The number of nitrogens with one attached hydrogen (secondary N) is 1. The van der Waals surface area contributed by atoms with Crippen LogP contribution in [0.4, 0.5) is 5.69 Å². The molecule has 4 heteroatoms. The molecule has 0 aliphatic carbocycles. The van der Waals surface area contributed by atoms with Gasteiger partial charge in [0.2, 0.25) is 0 Å². The lowest BCUT2D eigenvalue weighted by Gasteiger charge is -2.10. The van der Waals surface area contributed by atoms with Crippen LogP contribution in [0.2, 0.25) is 5.02 Å². The molecule has 16 heavy (non-hydrogen) atoms. The van der Waals surface area contributed by atoms with Crippen LogP contribution < -0.4 is 5.32 Å². The molecule has 1 aromatic carbocycles. The van der Waals surface area contributed by atoms with Crippen molar-refractivity contribution in [3.63, 3.8) is 0 Å². The zero-order valence-electron chi connectivity index (χ0n) is 8.93. The van der Waals surface area contributed by atoms with Gasteiger partial charge in [0, 0.05) is 28.3 Å². The Hall–Kier alpha value is -0.800. The fourth-order valence-corrected chi connectivity index (χ4v) is 2.29. The molecule has 0 saturated heterocycles. The average molecular weight is 300 g/mol. The molecule has 0 aliphatic rings. The summed E-state index contributed by atoms with van der Waals surface area (Å²) >= 11 is 9.70. The number of rotatable bonds is 3. The van der Waals surface area contributed by atoms with Crippen molar-refractivity contribution in [2.75, 3.05) is 11.9 Å². The van der Waals surface area contributed by atoms with Gasteiger partial charge in [-0.2, -0.15) is 0 Å². The standard InChI is InChI=1S/C12H12BrClN2/c1-2-6-15-10-5-7-16-12-8(13)3-4-9(14)11(10)12/h3-5,7H,2,6H2,1H3,(H,15,16). The summed E-state index contributed by atoms with van der Waals surface area (Å²) in [4.78, 5) is 4.34. The van der Waals surface area contributed by atoms with Crippen LogP contribution in [0.3, 0.4) is 0 Å². The van der Waals surface area contributed by atoms with Crippen molar-refractivity contribution in [1.82, 2.24) is 4.98 Å². The Morgan fingerprint density at radius 2 is 2.19 bits per heavy atom. The first-order valence-electron chi connectivity index (χ1n) is 5.20. The van der Waals surface area contributed by atoms with E-state index < -0.39 is 0 Å². The summed E-state index contributed by atoms with van der Waals surface area (Å²) in [6, 6.07) is 5.75. The molecule has 0 amide bonds. The van der Waals surface area contributed by atoms with Crippen molar-refractivity contribution in [2.45, 2.75) is 13.3 Å². The molecule has 0 radical (unpaired) electrons. The van der Waals surface area contributed by atoms with Crippen LogP contribution in [0.15, 0.2) is 28.9 Å². The molecule has 0 atom stereocenters. The van der Waals surface area contributed by atoms with Gasteiger partial charge in [0.15, 0.2) is 0 Å². The molecular weight excluding hydrogens is 288 g/mol. The Kier molecular flexibility index (Phi) is 3.66. The Morgan fingerprint density at radius 1 is 1.38 bits per heavy atom. The highest BCUT2D eigenvalue weighted by Gasteiger charge is 2.08. The summed E-state index contributed by atoms with van der Waals surface area (Å²) in [6.07, 6.45) is 2.87. The second-order valence-electron chi connectivity index (χ2n) is 3.54. The van der Waals surface area contributed by atoms with E-state index in [1.165, 1.54) is 0 Å². The van der Waals surface area contributed by atoms with E-state index in [9.17, 15) is 0 Å². The van der Waals surface area contributed by atoms with E-state index in [0.717, 1.165) is 39.1 Å². The van der Waals surface area contributed by atoms with Crippen LogP contribution in [0.1, 0.15) is 13.3 Å². The van der Waals surface area contributed by atoms with Gasteiger partial charge in [0.25, 0.3) is 0 Å². The summed E-state index contributed by atoms with van der Waals surface area (Å²) in [7, 11) is 0. The van der Waals surface area contributed by atoms with E-state index in [1.807, 2.05) is 18.2 Å². The smallest absolute Gasteiger partial charge is 0.0879 e. The summed E-state index contributed by atoms with van der Waals surface area (Å²) in [5.41, 5.74) is 1.94. The number of hydrogen-bond acceptors (Lipinski definition) is 2. The number of halogens is 2. The Morgan fingerprint density at radius 3 is 2.94 bits per heavy atom. The molecule has 0 aliphatic heterocycles. The number of nitrogens with zero attached hydrogens (tertiary/aromatic N) is 1. The lowest BCUT2D eigenvalue weighted by atomic mass is 10.2. The van der Waals surface area contributed by atoms with Gasteiger partial charge in [-0.3, -0.25) is 4.98 Å². The van der Waals surface area contributed by atoms with Crippen molar-refractivity contribution in [3.8, 4) is 0 Å². The lowest BCUT2D eigenvalue weighted by Crippen LogP contribution is -2.00. The molecule has 0 fully saturated rings. The average Bonchev–Trinajstić information content (AvgIpc) is 2.31. The molecule has 0 spiro atoms. The molecule has 2 rings (SSSR count). The molecule has 84 valence electrons. The monoisotopic (exact) mass is 298 g/mol. The quantitative estimate of drug-likeness (QED) is 0.904. The van der Waals surface area contributed by atoms with Gasteiger partial charge < -0.3 is 5.32 Å². The number of pyridine rings is 1. The van der Waals surface area contributed by atoms with E-state index in [-0.39, 0.29) is 0 Å². The van der Waals surface area contributed by atoms with Crippen molar-refractivity contribution in [3.05, 3.63) is 33.9 Å². The molecule has 2 nitrogen and oxygen atoms in total. The fourth-order valence-electron chi connectivity index (χ4n) is 1.60. The number of benzene rings is 1. The molecule has 1 aromatic heterocycles. The summed E-state index contributed by atoms with van der Waals surface area (Å²) in [5.74, 6) is 0. The van der Waals surface area contributed by atoms with Crippen molar-refractivity contribution in [1.29, 1.82) is 0 Å². The van der Waals surface area contributed by atoms with E-state index in [1.54, 1.807) is 6.20 Å². The highest BCUT2D eigenvalue weighted by molar-refractivity contribution is 9.10. The van der Waals surface area contributed by atoms with Gasteiger partial charge in [-0.05, 0) is 40.5 Å². The predicted molar refractivity (Wildman–Crippen MR) is 73.2 cm³/mol. The largest absolute Gasteiger partial charge is 0.384 e. The van der Waals surface area contributed by atoms with Gasteiger partial charge in [-0.15, -0.1) is 0 Å². The molecule has 0 bridgehead atoms. The third kappa shape index (κ3) is 2.15. The Bertz CT molecular complexity index is 514. The zero-order chi connectivity index (χ0) is 11.5. The number of hydrogen-bond donors (Lipinski definition) is 1. The van der Waals surface area contributed by atoms with Gasteiger partial charge in [0.1, 0.15) is 0 Å². The Balaban J connectivity index is 2.61. The van der Waals surface area contributed by atoms with Crippen LogP contribution in [-0.2, 0) is 0 Å². The van der Waals surface area contributed by atoms with E-state index in [0.29, 0.717) is 0 Å². The van der Waals surface area contributed by atoms with Crippen LogP contribution in [0.25, 0.3) is 10.9 Å². The van der Waals surface area contributed by atoms with E-state index in [4.69, 9.17) is 11.6 Å². The van der Waals surface area contributed by atoms with Crippen molar-refractivity contribution >= 4 is 44.1 Å². The third-order valence-corrected chi connectivity index (χ3v) is 3.31. The second-order valence-corrected chi connectivity index (χ2v) is 4.80. The van der Waals surface area contributed by atoms with Crippen LogP contribution in [0, 0.1) is 0 Å². The summed E-state index contributed by atoms with van der Waals surface area (Å²) in [6.45, 7) is 3.07. The minimum atomic E-state index is 0.727. The topological polar surface area (TPSA) is 24.9 Å². The molecule has 2 aromatic rings. The minimum absolute atomic E-state index is 0.727. The SMILES string of the molecule is CCCNc1ccnc2c(Br)ccc(Cl)c12. The van der Waals surface area contributed by atoms with Gasteiger partial charge in [0.05, 0.1) is 10.5 Å². The van der Waals surface area contributed by atoms with Gasteiger partial charge in [-0.25, -0.2) is 0 Å². The molecule has 0 unspecified atom stereocenters. The van der Waals surface area contributed by atoms with Gasteiger partial charge in [-0.1, -0.05) is 18.5 Å². The summed E-state index contributed by atoms with van der Waals surface area (Å²) < 4.78 is 0.965. The molecule has 0 saturated carbocycles. The lowest BCUT2D eigenvalue weighted by molar-refractivity contribution is 0.981. The first-order valence-corrected chi connectivity index (χ1v) is 6.37. The maximum Gasteiger partial charge on any atom is 0.0879 e. The van der Waals surface area contributed by atoms with Crippen molar-refractivity contribution < 1.29 is 0 Å². The van der Waals surface area contributed by atoms with E-state index >= 15 is 0 Å².